The van der Waals surface area contributed by atoms with E-state index in [9.17, 15) is 4.79 Å². The monoisotopic (exact) mass is 235 g/mol. The molecule has 1 atom stereocenters. The summed E-state index contributed by atoms with van der Waals surface area (Å²) >= 11 is 0. The van der Waals surface area contributed by atoms with Crippen LogP contribution >= 0.6 is 0 Å². The molecule has 1 unspecified atom stereocenters. The standard InChI is InChI=1S/C14H21NO2/c1-11(9-12(2)16)15(3)10-13-7-5-6-8-14(13)17-4/h5-8,11H,9-10H2,1-4H3. The lowest BCUT2D eigenvalue weighted by atomic mass is 10.1. The Kier molecular flexibility index (Phi) is 5.16. The normalized spacial score (nSPS) is 12.5. The molecule has 0 radical (unpaired) electrons. The number of methoxy groups -OCH3 is 1. The molecule has 0 aliphatic heterocycles. The van der Waals surface area contributed by atoms with Crippen LogP contribution in [-0.4, -0.2) is 30.9 Å². The fourth-order valence-corrected chi connectivity index (χ4v) is 1.83. The van der Waals surface area contributed by atoms with Crippen LogP contribution in [0.2, 0.25) is 0 Å². The van der Waals surface area contributed by atoms with Gasteiger partial charge >= 0.3 is 0 Å². The molecule has 3 nitrogen and oxygen atoms in total. The number of hydrogen-bond donors (Lipinski definition) is 0. The van der Waals surface area contributed by atoms with Crippen molar-refractivity contribution in [3.8, 4) is 5.75 Å². The summed E-state index contributed by atoms with van der Waals surface area (Å²) in [5.74, 6) is 1.12. The van der Waals surface area contributed by atoms with Crippen LogP contribution in [-0.2, 0) is 11.3 Å². The zero-order chi connectivity index (χ0) is 12.8. The number of benzene rings is 1. The molecule has 17 heavy (non-hydrogen) atoms. The van der Waals surface area contributed by atoms with Crippen LogP contribution in [0.5, 0.6) is 5.75 Å². The van der Waals surface area contributed by atoms with Crippen molar-refractivity contribution in [3.05, 3.63) is 29.8 Å². The van der Waals surface area contributed by atoms with Crippen molar-refractivity contribution in [2.45, 2.75) is 32.9 Å². The number of Topliss-reactive ketones (excluding diaryl/α,β-unsaturated/α-hetero) is 1. The van der Waals surface area contributed by atoms with Crippen molar-refractivity contribution < 1.29 is 9.53 Å². The van der Waals surface area contributed by atoms with Crippen molar-refractivity contribution in [2.24, 2.45) is 0 Å². The Morgan fingerprint density at radius 1 is 1.41 bits per heavy atom. The second-order valence-corrected chi connectivity index (χ2v) is 4.48. The van der Waals surface area contributed by atoms with E-state index >= 15 is 0 Å². The summed E-state index contributed by atoms with van der Waals surface area (Å²) in [6, 6.07) is 8.22. The minimum Gasteiger partial charge on any atom is -0.496 e. The first-order valence-corrected chi connectivity index (χ1v) is 5.86. The number of ether oxygens (including phenoxy) is 1. The van der Waals surface area contributed by atoms with E-state index in [4.69, 9.17) is 4.74 Å². The first-order valence-electron chi connectivity index (χ1n) is 5.86. The summed E-state index contributed by atoms with van der Waals surface area (Å²) in [5.41, 5.74) is 1.15. The van der Waals surface area contributed by atoms with Crippen LogP contribution < -0.4 is 4.74 Å². The molecular weight excluding hydrogens is 214 g/mol. The van der Waals surface area contributed by atoms with Gasteiger partial charge in [0.25, 0.3) is 0 Å². The highest BCUT2D eigenvalue weighted by Crippen LogP contribution is 2.19. The Hall–Kier alpha value is -1.35. The molecule has 1 aromatic rings. The SMILES string of the molecule is COc1ccccc1CN(C)C(C)CC(C)=O. The van der Waals surface area contributed by atoms with E-state index in [2.05, 4.69) is 17.9 Å². The maximum absolute atomic E-state index is 11.1. The Bertz CT molecular complexity index is 376. The summed E-state index contributed by atoms with van der Waals surface area (Å²) in [7, 11) is 3.71. The van der Waals surface area contributed by atoms with Gasteiger partial charge < -0.3 is 4.74 Å². The number of carbonyl (C=O) groups is 1. The van der Waals surface area contributed by atoms with Crippen LogP contribution in [0.1, 0.15) is 25.8 Å². The first kappa shape index (κ1) is 13.7. The molecule has 0 spiro atoms. The average Bonchev–Trinajstić information content (AvgIpc) is 2.28. The molecule has 0 heterocycles. The molecule has 3 heteroatoms. The van der Waals surface area contributed by atoms with Crippen molar-refractivity contribution in [1.29, 1.82) is 0 Å². The number of carbonyl (C=O) groups excluding carboxylic acids is 1. The van der Waals surface area contributed by atoms with E-state index in [-0.39, 0.29) is 11.8 Å². The molecule has 0 amide bonds. The van der Waals surface area contributed by atoms with Crippen LogP contribution in [0.3, 0.4) is 0 Å². The maximum atomic E-state index is 11.1. The van der Waals surface area contributed by atoms with E-state index in [0.29, 0.717) is 6.42 Å². The first-order chi connectivity index (χ1) is 8.04. The lowest BCUT2D eigenvalue weighted by molar-refractivity contribution is -0.118. The molecule has 0 bridgehead atoms. The number of para-hydroxylation sites is 1. The predicted octanol–water partition coefficient (Wildman–Crippen LogP) is 2.49. The Morgan fingerprint density at radius 2 is 2.06 bits per heavy atom. The average molecular weight is 235 g/mol. The molecular formula is C14H21NO2. The van der Waals surface area contributed by atoms with Gasteiger partial charge in [-0.3, -0.25) is 9.69 Å². The minimum atomic E-state index is 0.226. The minimum absolute atomic E-state index is 0.226. The van der Waals surface area contributed by atoms with Crippen LogP contribution in [0.15, 0.2) is 24.3 Å². The summed E-state index contributed by atoms with van der Waals surface area (Å²) in [4.78, 5) is 13.2. The Labute approximate surface area is 103 Å². The maximum Gasteiger partial charge on any atom is 0.131 e. The van der Waals surface area contributed by atoms with Crippen molar-refractivity contribution in [2.75, 3.05) is 14.2 Å². The number of ketones is 1. The van der Waals surface area contributed by atoms with Crippen LogP contribution in [0.4, 0.5) is 0 Å². The van der Waals surface area contributed by atoms with Gasteiger partial charge in [0.1, 0.15) is 11.5 Å². The highest BCUT2D eigenvalue weighted by molar-refractivity contribution is 5.76. The van der Waals surface area contributed by atoms with Gasteiger partial charge in [0.05, 0.1) is 7.11 Å². The summed E-state index contributed by atoms with van der Waals surface area (Å²) in [6.45, 7) is 4.49. The van der Waals surface area contributed by atoms with Gasteiger partial charge in [0.15, 0.2) is 0 Å². The molecule has 0 fully saturated rings. The van der Waals surface area contributed by atoms with Gasteiger partial charge in [-0.25, -0.2) is 0 Å². The quantitative estimate of drug-likeness (QED) is 0.758. The zero-order valence-electron chi connectivity index (χ0n) is 11.1. The molecule has 0 saturated heterocycles. The fraction of sp³-hybridized carbons (Fsp3) is 0.500. The second-order valence-electron chi connectivity index (χ2n) is 4.48. The third kappa shape index (κ3) is 4.19. The molecule has 0 aliphatic rings. The predicted molar refractivity (Wildman–Crippen MR) is 69.2 cm³/mol. The van der Waals surface area contributed by atoms with E-state index in [0.717, 1.165) is 17.9 Å². The largest absolute Gasteiger partial charge is 0.496 e. The number of hydrogen-bond acceptors (Lipinski definition) is 3. The van der Waals surface area contributed by atoms with Gasteiger partial charge in [-0.05, 0) is 27.0 Å². The van der Waals surface area contributed by atoms with Crippen LogP contribution in [0, 0.1) is 0 Å². The lowest BCUT2D eigenvalue weighted by Gasteiger charge is -2.24. The van der Waals surface area contributed by atoms with Crippen molar-refractivity contribution >= 4 is 5.78 Å². The van der Waals surface area contributed by atoms with E-state index in [1.54, 1.807) is 14.0 Å². The third-order valence-corrected chi connectivity index (χ3v) is 2.95. The zero-order valence-corrected chi connectivity index (χ0v) is 11.1. The molecule has 0 aromatic heterocycles. The molecule has 0 aliphatic carbocycles. The van der Waals surface area contributed by atoms with Gasteiger partial charge in [-0.1, -0.05) is 18.2 Å². The summed E-state index contributed by atoms with van der Waals surface area (Å²) in [6.07, 6.45) is 0.589. The lowest BCUT2D eigenvalue weighted by Crippen LogP contribution is -2.30. The third-order valence-electron chi connectivity index (χ3n) is 2.95. The molecule has 0 N–H and O–H groups in total. The van der Waals surface area contributed by atoms with Gasteiger partial charge in [-0.15, -0.1) is 0 Å². The Morgan fingerprint density at radius 3 is 2.65 bits per heavy atom. The summed E-state index contributed by atoms with van der Waals surface area (Å²) < 4.78 is 5.31. The van der Waals surface area contributed by atoms with Crippen molar-refractivity contribution in [3.63, 3.8) is 0 Å². The van der Waals surface area contributed by atoms with E-state index < -0.39 is 0 Å². The molecule has 94 valence electrons. The molecule has 1 rings (SSSR count). The number of rotatable bonds is 6. The van der Waals surface area contributed by atoms with E-state index in [1.807, 2.05) is 25.2 Å². The molecule has 1 aromatic carbocycles. The van der Waals surface area contributed by atoms with Gasteiger partial charge in [0.2, 0.25) is 0 Å². The Balaban J connectivity index is 2.66. The highest BCUT2D eigenvalue weighted by atomic mass is 16.5. The second kappa shape index (κ2) is 6.40. The van der Waals surface area contributed by atoms with Gasteiger partial charge in [-0.2, -0.15) is 0 Å². The molecule has 0 saturated carbocycles. The fourth-order valence-electron chi connectivity index (χ4n) is 1.83. The van der Waals surface area contributed by atoms with Crippen LogP contribution in [0.25, 0.3) is 0 Å². The number of nitrogens with zero attached hydrogens (tertiary/aromatic N) is 1. The van der Waals surface area contributed by atoms with Gasteiger partial charge in [0, 0.05) is 24.6 Å². The van der Waals surface area contributed by atoms with E-state index in [1.165, 1.54) is 0 Å². The highest BCUT2D eigenvalue weighted by Gasteiger charge is 2.13. The smallest absolute Gasteiger partial charge is 0.131 e. The summed E-state index contributed by atoms with van der Waals surface area (Å²) in [5, 5.41) is 0. The topological polar surface area (TPSA) is 29.5 Å². The van der Waals surface area contributed by atoms with Crippen molar-refractivity contribution in [1.82, 2.24) is 4.90 Å².